The highest BCUT2D eigenvalue weighted by Gasteiger charge is 2.60. The molecule has 0 radical (unpaired) electrons. The van der Waals surface area contributed by atoms with Crippen LogP contribution >= 0.6 is 0 Å². The van der Waals surface area contributed by atoms with E-state index < -0.39 is 14.9 Å². The lowest BCUT2D eigenvalue weighted by atomic mass is 10.1. The van der Waals surface area contributed by atoms with Gasteiger partial charge in [0.25, 0.3) is 0 Å². The van der Waals surface area contributed by atoms with Crippen LogP contribution in [0, 0.1) is 0 Å². The van der Waals surface area contributed by atoms with Crippen molar-refractivity contribution in [1.29, 1.82) is 0 Å². The van der Waals surface area contributed by atoms with Crippen LogP contribution in [-0.4, -0.2) is 202 Å². The van der Waals surface area contributed by atoms with E-state index in [4.69, 9.17) is 23.7 Å². The third kappa shape index (κ3) is 42.6. The largest absolute Gasteiger partial charge is 0.502 e. The van der Waals surface area contributed by atoms with Gasteiger partial charge in [-0.3, -0.25) is 0 Å². The smallest absolute Gasteiger partial charge is 0.389 e. The minimum atomic E-state index is -2.48. The number of fused-ring (bicyclic) bond motifs is 2. The van der Waals surface area contributed by atoms with E-state index in [0.29, 0.717) is 19.8 Å². The van der Waals surface area contributed by atoms with Crippen molar-refractivity contribution in [3.05, 3.63) is 0 Å². The fourth-order valence-corrected chi connectivity index (χ4v) is 12.7. The summed E-state index contributed by atoms with van der Waals surface area (Å²) in [7, 11) is -2.48. The standard InChI is InChI=1S/C54H120N12O5Si/c1-51-54-52(2)70-72(69-51,71-54)48-24-47-68-50-53(67)49-66-46-45-65-44-38-61-31-23-17-11-5-10-16-22-30-60-37-43-64-42-36-59-29-21-15-9-4-8-14-20-28-58-35-41-63-40-34-57-27-19-13-7-3-6-12-18-26-56-33-39-62-32-25-55/h51-54,56-67H,3-50,55H2,1-2H3. The van der Waals surface area contributed by atoms with E-state index in [9.17, 15) is 5.11 Å². The Labute approximate surface area is 443 Å². The Bertz CT molecular complexity index is 1090. The van der Waals surface area contributed by atoms with Crippen LogP contribution < -0.4 is 64.2 Å². The number of rotatable bonds is 61. The molecule has 0 aromatic rings. The molecule has 18 heteroatoms. The molecule has 3 atom stereocenters. The molecule has 0 aliphatic carbocycles. The van der Waals surface area contributed by atoms with Gasteiger partial charge >= 0.3 is 8.80 Å². The number of nitrogens with two attached hydrogens (primary N) is 1. The predicted octanol–water partition coefficient (Wildman–Crippen LogP) is 3.55. The van der Waals surface area contributed by atoms with Gasteiger partial charge in [-0.15, -0.1) is 0 Å². The minimum absolute atomic E-state index is 0.0800. The Kier molecular flexibility index (Phi) is 49.4. The maximum atomic E-state index is 10.2. The summed E-state index contributed by atoms with van der Waals surface area (Å²) in [6.07, 6.45) is 28.8. The Morgan fingerprint density at radius 2 is 0.653 bits per heavy atom. The molecule has 0 amide bonds. The first kappa shape index (κ1) is 67.6. The fraction of sp³-hybridized carbons (Fsp3) is 1.00. The number of unbranched alkanes of at least 4 members (excludes halogenated alkanes) is 18. The van der Waals surface area contributed by atoms with Crippen LogP contribution in [0.4, 0.5) is 0 Å². The van der Waals surface area contributed by atoms with Crippen LogP contribution in [0.3, 0.4) is 0 Å². The third-order valence-electron chi connectivity index (χ3n) is 13.7. The lowest BCUT2D eigenvalue weighted by Gasteiger charge is -2.26. The van der Waals surface area contributed by atoms with Gasteiger partial charge in [-0.2, -0.15) is 0 Å². The molecule has 14 N–H and O–H groups in total. The van der Waals surface area contributed by atoms with Crippen LogP contribution in [0.5, 0.6) is 0 Å². The molecule has 2 bridgehead atoms. The van der Waals surface area contributed by atoms with Crippen molar-refractivity contribution in [3.63, 3.8) is 0 Å². The van der Waals surface area contributed by atoms with Crippen molar-refractivity contribution in [2.45, 2.75) is 186 Å². The lowest BCUT2D eigenvalue weighted by Crippen LogP contribution is -2.44. The van der Waals surface area contributed by atoms with Crippen LogP contribution in [0.1, 0.15) is 155 Å². The van der Waals surface area contributed by atoms with Crippen LogP contribution in [0.15, 0.2) is 0 Å². The average Bonchev–Trinajstić information content (AvgIpc) is 3.89. The summed E-state index contributed by atoms with van der Waals surface area (Å²) in [5.41, 5.74) is 5.48. The molecular formula is C54H120N12O5Si. The van der Waals surface area contributed by atoms with Crippen molar-refractivity contribution >= 4 is 8.80 Å². The molecule has 2 rings (SSSR count). The fourth-order valence-electron chi connectivity index (χ4n) is 9.42. The summed E-state index contributed by atoms with van der Waals surface area (Å²) in [4.78, 5) is 0. The highest BCUT2D eigenvalue weighted by atomic mass is 28.4. The van der Waals surface area contributed by atoms with Gasteiger partial charge in [0.05, 0.1) is 31.0 Å². The molecule has 0 saturated carbocycles. The average molecular weight is 1050 g/mol. The van der Waals surface area contributed by atoms with Gasteiger partial charge in [-0.1, -0.05) is 96.3 Å². The van der Waals surface area contributed by atoms with Crippen molar-refractivity contribution < 1.29 is 23.1 Å². The van der Waals surface area contributed by atoms with Crippen molar-refractivity contribution in [2.75, 3.05) is 164 Å². The van der Waals surface area contributed by atoms with Gasteiger partial charge in [0, 0.05) is 124 Å². The summed E-state index contributed by atoms with van der Waals surface area (Å²) in [6, 6.07) is 0.778. The molecule has 72 heavy (non-hydrogen) atoms. The number of nitrogens with one attached hydrogen (secondary N) is 11. The zero-order chi connectivity index (χ0) is 51.4. The van der Waals surface area contributed by atoms with Gasteiger partial charge < -0.3 is 87.3 Å². The number of aliphatic hydroxyl groups is 1. The Morgan fingerprint density at radius 1 is 0.375 bits per heavy atom. The van der Waals surface area contributed by atoms with E-state index in [1.54, 1.807) is 0 Å². The Morgan fingerprint density at radius 3 is 0.958 bits per heavy atom. The number of hydrogen-bond donors (Lipinski definition) is 13. The molecule has 17 nitrogen and oxygen atoms in total. The molecule has 0 aromatic heterocycles. The number of hydrogen-bond acceptors (Lipinski definition) is 17. The number of aliphatic hydroxyl groups excluding tert-OH is 1. The Hall–Kier alpha value is -0.463. The maximum Gasteiger partial charge on any atom is 0.502 e. The van der Waals surface area contributed by atoms with E-state index in [1.165, 1.54) is 135 Å². The quantitative estimate of drug-likeness (QED) is 0.0310. The first-order valence-corrected chi connectivity index (χ1v) is 32.3. The van der Waals surface area contributed by atoms with E-state index in [2.05, 4.69) is 72.3 Å². The second-order valence-electron chi connectivity index (χ2n) is 20.7. The van der Waals surface area contributed by atoms with Crippen LogP contribution in [0.25, 0.3) is 0 Å². The van der Waals surface area contributed by atoms with Gasteiger partial charge in [0.2, 0.25) is 0 Å². The van der Waals surface area contributed by atoms with E-state index >= 15 is 0 Å². The van der Waals surface area contributed by atoms with Crippen LogP contribution in [-0.2, 0) is 18.0 Å². The maximum absolute atomic E-state index is 10.2. The topological polar surface area (TPSA) is 216 Å². The summed E-state index contributed by atoms with van der Waals surface area (Å²) in [5, 5.41) is 48.9. The molecule has 2 aliphatic heterocycles. The molecule has 0 aromatic carbocycles. The SMILES string of the molecule is CC1O[Si]2(CCCOCC(O)CNCCNCCNCCCCCCCCCNCCNCCNCCCCCCCCCNCCNCCNCCCCCCCCCNCCNCCN)OC(C)C1O2. The molecule has 2 fully saturated rings. The van der Waals surface area contributed by atoms with Crippen molar-refractivity contribution in [3.8, 4) is 0 Å². The zero-order valence-corrected chi connectivity index (χ0v) is 47.9. The molecule has 0 spiro atoms. The summed E-state index contributed by atoms with van der Waals surface area (Å²) in [6.45, 7) is 28.3. The monoisotopic (exact) mass is 1040 g/mol. The first-order chi connectivity index (χ1) is 35.6. The molecule has 3 unspecified atom stereocenters. The van der Waals surface area contributed by atoms with Gasteiger partial charge in [0.15, 0.2) is 0 Å². The normalized spacial score (nSPS) is 19.1. The second-order valence-corrected chi connectivity index (χ2v) is 23.2. The lowest BCUT2D eigenvalue weighted by molar-refractivity contribution is 0.0310. The zero-order valence-electron chi connectivity index (χ0n) is 46.9. The van der Waals surface area contributed by atoms with Gasteiger partial charge in [-0.05, 0) is 98.1 Å². The van der Waals surface area contributed by atoms with Gasteiger partial charge in [-0.25, -0.2) is 0 Å². The molecular weight excluding hydrogens is 925 g/mol. The summed E-state index contributed by atoms with van der Waals surface area (Å²) in [5.74, 6) is 0. The van der Waals surface area contributed by atoms with E-state index in [0.717, 1.165) is 156 Å². The highest BCUT2D eigenvalue weighted by Crippen LogP contribution is 2.40. The van der Waals surface area contributed by atoms with Crippen molar-refractivity contribution in [1.82, 2.24) is 58.5 Å². The predicted molar refractivity (Wildman–Crippen MR) is 306 cm³/mol. The van der Waals surface area contributed by atoms with E-state index in [-0.39, 0.29) is 18.3 Å². The highest BCUT2D eigenvalue weighted by molar-refractivity contribution is 6.62. The van der Waals surface area contributed by atoms with Crippen molar-refractivity contribution in [2.24, 2.45) is 5.73 Å². The molecule has 2 heterocycles. The second kappa shape index (κ2) is 52.6. The van der Waals surface area contributed by atoms with Gasteiger partial charge in [0.1, 0.15) is 0 Å². The van der Waals surface area contributed by atoms with Crippen LogP contribution in [0.2, 0.25) is 6.04 Å². The summed E-state index contributed by atoms with van der Waals surface area (Å²) < 4.78 is 23.7. The minimum Gasteiger partial charge on any atom is -0.389 e. The third-order valence-corrected chi connectivity index (χ3v) is 16.8. The first-order valence-electron chi connectivity index (χ1n) is 30.3. The number of ether oxygens (including phenoxy) is 1. The molecule has 430 valence electrons. The van der Waals surface area contributed by atoms with E-state index in [1.807, 2.05) is 0 Å². The molecule has 2 saturated heterocycles. The summed E-state index contributed by atoms with van der Waals surface area (Å²) >= 11 is 0. The Balaban J connectivity index is 1.11. The molecule has 2 aliphatic rings.